The molecule has 2 aromatic rings. The third-order valence-corrected chi connectivity index (χ3v) is 2.70. The van der Waals surface area contributed by atoms with E-state index in [0.717, 1.165) is 0 Å². The Morgan fingerprint density at radius 1 is 1.27 bits per heavy atom. The van der Waals surface area contributed by atoms with Crippen LogP contribution in [0.15, 0.2) is 16.9 Å². The van der Waals surface area contributed by atoms with Gasteiger partial charge in [0.15, 0.2) is 6.29 Å². The molecule has 0 bridgehead atoms. The summed E-state index contributed by atoms with van der Waals surface area (Å²) >= 11 is 5.85. The van der Waals surface area contributed by atoms with Crippen molar-refractivity contribution in [3.8, 4) is 0 Å². The molecule has 0 aliphatic heterocycles. The SMILES string of the molecule is Cn1c(=O)n(C)c2c(C=O)cc(Cl)cc21. The molecular formula is C10H9ClN2O2. The van der Waals surface area contributed by atoms with E-state index in [2.05, 4.69) is 0 Å². The summed E-state index contributed by atoms with van der Waals surface area (Å²) in [7, 11) is 3.28. The zero-order chi connectivity index (χ0) is 11.2. The highest BCUT2D eigenvalue weighted by Crippen LogP contribution is 2.21. The molecule has 4 nitrogen and oxygen atoms in total. The minimum absolute atomic E-state index is 0.171. The number of aromatic nitrogens is 2. The summed E-state index contributed by atoms with van der Waals surface area (Å²) in [5.41, 5.74) is 1.53. The normalized spacial score (nSPS) is 10.9. The molecule has 0 saturated heterocycles. The van der Waals surface area contributed by atoms with Gasteiger partial charge in [-0.3, -0.25) is 13.9 Å². The van der Waals surface area contributed by atoms with Crippen molar-refractivity contribution in [1.82, 2.24) is 9.13 Å². The maximum absolute atomic E-state index is 11.6. The van der Waals surface area contributed by atoms with E-state index in [0.29, 0.717) is 27.9 Å². The molecule has 0 atom stereocenters. The molecule has 0 radical (unpaired) electrons. The van der Waals surface area contributed by atoms with E-state index in [-0.39, 0.29) is 5.69 Å². The first-order chi connectivity index (χ1) is 7.06. The van der Waals surface area contributed by atoms with Crippen molar-refractivity contribution in [2.45, 2.75) is 0 Å². The van der Waals surface area contributed by atoms with Crippen molar-refractivity contribution in [3.63, 3.8) is 0 Å². The number of halogens is 1. The molecular weight excluding hydrogens is 216 g/mol. The second-order valence-corrected chi connectivity index (χ2v) is 3.82. The Bertz CT molecular complexity index is 610. The summed E-state index contributed by atoms with van der Waals surface area (Å²) in [6.45, 7) is 0. The van der Waals surface area contributed by atoms with E-state index in [4.69, 9.17) is 11.6 Å². The lowest BCUT2D eigenvalue weighted by Gasteiger charge is -1.99. The molecule has 0 aliphatic carbocycles. The Balaban J connectivity index is 3.10. The van der Waals surface area contributed by atoms with Crippen LogP contribution >= 0.6 is 11.6 Å². The van der Waals surface area contributed by atoms with Crippen molar-refractivity contribution in [2.24, 2.45) is 14.1 Å². The van der Waals surface area contributed by atoms with Crippen molar-refractivity contribution >= 4 is 28.9 Å². The maximum atomic E-state index is 11.6. The summed E-state index contributed by atoms with van der Waals surface area (Å²) in [5.74, 6) is 0. The third-order valence-electron chi connectivity index (χ3n) is 2.48. The van der Waals surface area contributed by atoms with Crippen LogP contribution in [0, 0.1) is 0 Å². The predicted molar refractivity (Wildman–Crippen MR) is 58.6 cm³/mol. The van der Waals surface area contributed by atoms with Gasteiger partial charge in [0.1, 0.15) is 0 Å². The first-order valence-electron chi connectivity index (χ1n) is 4.36. The lowest BCUT2D eigenvalue weighted by molar-refractivity contribution is 0.112. The molecule has 78 valence electrons. The highest BCUT2D eigenvalue weighted by atomic mass is 35.5. The first kappa shape index (κ1) is 9.98. The van der Waals surface area contributed by atoms with Gasteiger partial charge in [0.05, 0.1) is 11.0 Å². The average Bonchev–Trinajstić information content (AvgIpc) is 2.43. The van der Waals surface area contributed by atoms with Crippen LogP contribution in [0.25, 0.3) is 11.0 Å². The van der Waals surface area contributed by atoms with E-state index in [1.807, 2.05) is 0 Å². The number of carbonyl (C=O) groups is 1. The number of rotatable bonds is 1. The van der Waals surface area contributed by atoms with Gasteiger partial charge in [-0.2, -0.15) is 0 Å². The topological polar surface area (TPSA) is 44.0 Å². The molecule has 2 rings (SSSR count). The number of aldehydes is 1. The molecule has 0 amide bonds. The predicted octanol–water partition coefficient (Wildman–Crippen LogP) is 1.34. The van der Waals surface area contributed by atoms with E-state index in [1.54, 1.807) is 26.2 Å². The Hall–Kier alpha value is -1.55. The number of imidazole rings is 1. The zero-order valence-corrected chi connectivity index (χ0v) is 9.08. The molecule has 0 saturated carbocycles. The van der Waals surface area contributed by atoms with Gasteiger partial charge in [0.2, 0.25) is 0 Å². The molecule has 5 heteroatoms. The molecule has 1 heterocycles. The Labute approximate surface area is 90.7 Å². The van der Waals surface area contributed by atoms with E-state index in [9.17, 15) is 9.59 Å². The molecule has 1 aromatic heterocycles. The largest absolute Gasteiger partial charge is 0.328 e. The van der Waals surface area contributed by atoms with Crippen LogP contribution in [0.4, 0.5) is 0 Å². The Kier molecular flexibility index (Phi) is 2.16. The summed E-state index contributed by atoms with van der Waals surface area (Å²) < 4.78 is 2.91. The van der Waals surface area contributed by atoms with Gasteiger partial charge in [0, 0.05) is 24.7 Å². The smallest absolute Gasteiger partial charge is 0.298 e. The number of hydrogen-bond acceptors (Lipinski definition) is 2. The number of carbonyl (C=O) groups excluding carboxylic acids is 1. The second kappa shape index (κ2) is 3.24. The highest BCUT2D eigenvalue weighted by Gasteiger charge is 2.12. The quantitative estimate of drug-likeness (QED) is 0.687. The highest BCUT2D eigenvalue weighted by molar-refractivity contribution is 6.31. The molecule has 0 spiro atoms. The lowest BCUT2D eigenvalue weighted by Crippen LogP contribution is -2.19. The minimum Gasteiger partial charge on any atom is -0.298 e. The summed E-state index contributed by atoms with van der Waals surface area (Å²) in [6.07, 6.45) is 0.702. The fraction of sp³-hybridized carbons (Fsp3) is 0.200. The Morgan fingerprint density at radius 2 is 1.93 bits per heavy atom. The zero-order valence-electron chi connectivity index (χ0n) is 8.32. The van der Waals surface area contributed by atoms with Crippen LogP contribution in [-0.2, 0) is 14.1 Å². The van der Waals surface area contributed by atoms with Crippen LogP contribution in [-0.4, -0.2) is 15.4 Å². The van der Waals surface area contributed by atoms with E-state index in [1.165, 1.54) is 9.13 Å². The van der Waals surface area contributed by atoms with Gasteiger partial charge in [-0.25, -0.2) is 4.79 Å². The van der Waals surface area contributed by atoms with Crippen molar-refractivity contribution < 1.29 is 4.79 Å². The number of aryl methyl sites for hydroxylation is 2. The fourth-order valence-corrected chi connectivity index (χ4v) is 1.96. The second-order valence-electron chi connectivity index (χ2n) is 3.38. The summed E-state index contributed by atoms with van der Waals surface area (Å²) in [6, 6.07) is 3.22. The minimum atomic E-state index is -0.171. The number of nitrogens with zero attached hydrogens (tertiary/aromatic N) is 2. The number of fused-ring (bicyclic) bond motifs is 1. The van der Waals surface area contributed by atoms with Crippen LogP contribution < -0.4 is 5.69 Å². The van der Waals surface area contributed by atoms with Gasteiger partial charge < -0.3 is 0 Å². The molecule has 1 aromatic carbocycles. The van der Waals surface area contributed by atoms with E-state index < -0.39 is 0 Å². The van der Waals surface area contributed by atoms with Crippen molar-refractivity contribution in [3.05, 3.63) is 33.2 Å². The summed E-state index contributed by atoms with van der Waals surface area (Å²) in [4.78, 5) is 22.5. The first-order valence-corrected chi connectivity index (χ1v) is 4.74. The number of hydrogen-bond donors (Lipinski definition) is 0. The Morgan fingerprint density at radius 3 is 2.53 bits per heavy atom. The van der Waals surface area contributed by atoms with Crippen LogP contribution in [0.5, 0.6) is 0 Å². The van der Waals surface area contributed by atoms with Gasteiger partial charge >= 0.3 is 5.69 Å². The molecule has 0 N–H and O–H groups in total. The molecule has 15 heavy (non-hydrogen) atoms. The van der Waals surface area contributed by atoms with E-state index >= 15 is 0 Å². The molecule has 0 aliphatic rings. The van der Waals surface area contributed by atoms with Crippen LogP contribution in [0.3, 0.4) is 0 Å². The number of benzene rings is 1. The molecule has 0 fully saturated rings. The van der Waals surface area contributed by atoms with Gasteiger partial charge in [-0.15, -0.1) is 0 Å². The van der Waals surface area contributed by atoms with Crippen LogP contribution in [0.2, 0.25) is 5.02 Å². The van der Waals surface area contributed by atoms with Crippen LogP contribution in [0.1, 0.15) is 10.4 Å². The van der Waals surface area contributed by atoms with Gasteiger partial charge in [-0.05, 0) is 12.1 Å². The maximum Gasteiger partial charge on any atom is 0.328 e. The van der Waals surface area contributed by atoms with Crippen molar-refractivity contribution in [2.75, 3.05) is 0 Å². The molecule has 0 unspecified atom stereocenters. The standard InChI is InChI=1S/C10H9ClN2O2/c1-12-8-4-7(11)3-6(5-14)9(8)13(2)10(12)15/h3-5H,1-2H3. The summed E-state index contributed by atoms with van der Waals surface area (Å²) in [5, 5.41) is 0.450. The van der Waals surface area contributed by atoms with Gasteiger partial charge in [-0.1, -0.05) is 11.6 Å². The monoisotopic (exact) mass is 224 g/mol. The van der Waals surface area contributed by atoms with Crippen molar-refractivity contribution in [1.29, 1.82) is 0 Å². The average molecular weight is 225 g/mol. The lowest BCUT2D eigenvalue weighted by atomic mass is 10.2. The fourth-order valence-electron chi connectivity index (χ4n) is 1.74. The third kappa shape index (κ3) is 1.29. The van der Waals surface area contributed by atoms with Gasteiger partial charge in [0.25, 0.3) is 0 Å².